The second-order valence-corrected chi connectivity index (χ2v) is 4.76. The number of fused-ring (bicyclic) bond motifs is 1. The average Bonchev–Trinajstić information content (AvgIpc) is 2.89. The minimum atomic E-state index is 0.305. The number of nitrogens with one attached hydrogen (secondary N) is 1. The Kier molecular flexibility index (Phi) is 2.52. The number of hydrogen-bond donors (Lipinski definition) is 2. The summed E-state index contributed by atoms with van der Waals surface area (Å²) in [7, 11) is 0. The molecule has 0 saturated carbocycles. The van der Waals surface area contributed by atoms with Crippen LogP contribution in [0.1, 0.15) is 18.5 Å². The van der Waals surface area contributed by atoms with Gasteiger partial charge in [0.25, 0.3) is 0 Å². The normalized spacial score (nSPS) is 20.2. The summed E-state index contributed by atoms with van der Waals surface area (Å²) in [5, 5.41) is 18.6. The van der Waals surface area contributed by atoms with Gasteiger partial charge in [-0.3, -0.25) is 4.68 Å². The number of phenols is 1. The lowest BCUT2D eigenvalue weighted by Gasteiger charge is -2.10. The van der Waals surface area contributed by atoms with Gasteiger partial charge in [0.05, 0.1) is 17.8 Å². The van der Waals surface area contributed by atoms with Crippen LogP contribution >= 0.6 is 0 Å². The van der Waals surface area contributed by atoms with Crippen LogP contribution in [0.2, 0.25) is 0 Å². The van der Waals surface area contributed by atoms with Gasteiger partial charge in [-0.15, -0.1) is 0 Å². The minimum absolute atomic E-state index is 0.305. The Balaban J connectivity index is 1.98. The molecule has 0 radical (unpaired) electrons. The van der Waals surface area contributed by atoms with Crippen molar-refractivity contribution >= 4 is 10.9 Å². The molecule has 1 aromatic carbocycles. The predicted molar refractivity (Wildman–Crippen MR) is 67.2 cm³/mol. The van der Waals surface area contributed by atoms with Gasteiger partial charge in [-0.25, -0.2) is 0 Å². The van der Waals surface area contributed by atoms with Gasteiger partial charge in [-0.2, -0.15) is 5.10 Å². The van der Waals surface area contributed by atoms with Crippen molar-refractivity contribution in [2.45, 2.75) is 32.4 Å². The van der Waals surface area contributed by atoms with Gasteiger partial charge >= 0.3 is 0 Å². The van der Waals surface area contributed by atoms with E-state index in [1.165, 1.54) is 12.8 Å². The minimum Gasteiger partial charge on any atom is -0.508 e. The number of aryl methyl sites for hydroxylation is 1. The second-order valence-electron chi connectivity index (χ2n) is 4.76. The fraction of sp³-hybridized carbons (Fsp3) is 0.462. The summed E-state index contributed by atoms with van der Waals surface area (Å²) in [6.07, 6.45) is 2.47. The Bertz CT molecular complexity index is 541. The van der Waals surface area contributed by atoms with E-state index in [0.29, 0.717) is 11.8 Å². The molecule has 1 aliphatic rings. The molecule has 3 rings (SSSR count). The monoisotopic (exact) mass is 231 g/mol. The predicted octanol–water partition coefficient (Wildman–Crippen LogP) is 1.80. The van der Waals surface area contributed by atoms with Gasteiger partial charge in [0.15, 0.2) is 0 Å². The zero-order chi connectivity index (χ0) is 11.8. The summed E-state index contributed by atoms with van der Waals surface area (Å²) in [5.74, 6) is 0.305. The molecule has 1 unspecified atom stereocenters. The van der Waals surface area contributed by atoms with E-state index in [9.17, 15) is 5.11 Å². The third-order valence-corrected chi connectivity index (χ3v) is 3.47. The van der Waals surface area contributed by atoms with E-state index in [-0.39, 0.29) is 0 Å². The highest BCUT2D eigenvalue weighted by atomic mass is 16.3. The topological polar surface area (TPSA) is 50.1 Å². The van der Waals surface area contributed by atoms with Crippen LogP contribution in [-0.4, -0.2) is 27.5 Å². The molecule has 2 N–H and O–H groups in total. The van der Waals surface area contributed by atoms with Gasteiger partial charge in [-0.1, -0.05) is 0 Å². The molecule has 0 amide bonds. The van der Waals surface area contributed by atoms with E-state index in [2.05, 4.69) is 10.4 Å². The van der Waals surface area contributed by atoms with Gasteiger partial charge in [0.2, 0.25) is 0 Å². The molecule has 2 aromatic rings. The first-order chi connectivity index (χ1) is 8.24. The maximum absolute atomic E-state index is 9.50. The van der Waals surface area contributed by atoms with E-state index in [1.807, 2.05) is 17.7 Å². The summed E-state index contributed by atoms with van der Waals surface area (Å²) >= 11 is 0. The molecule has 17 heavy (non-hydrogen) atoms. The van der Waals surface area contributed by atoms with Gasteiger partial charge in [0.1, 0.15) is 5.75 Å². The SMILES string of the molecule is Cc1nn(CC2CCCN2)c2ccc(O)cc12. The Labute approximate surface area is 100 Å². The Morgan fingerprint density at radius 2 is 2.41 bits per heavy atom. The van der Waals surface area contributed by atoms with Crippen molar-refractivity contribution in [2.24, 2.45) is 0 Å². The molecule has 1 atom stereocenters. The van der Waals surface area contributed by atoms with Gasteiger partial charge in [0, 0.05) is 11.4 Å². The highest BCUT2D eigenvalue weighted by molar-refractivity contribution is 5.83. The van der Waals surface area contributed by atoms with E-state index in [0.717, 1.165) is 29.7 Å². The number of nitrogens with zero attached hydrogens (tertiary/aromatic N) is 2. The van der Waals surface area contributed by atoms with E-state index in [1.54, 1.807) is 12.1 Å². The van der Waals surface area contributed by atoms with Crippen molar-refractivity contribution < 1.29 is 5.11 Å². The zero-order valence-electron chi connectivity index (χ0n) is 9.98. The fourth-order valence-electron chi connectivity index (χ4n) is 2.59. The number of aromatic nitrogens is 2. The molecule has 2 heterocycles. The fourth-order valence-corrected chi connectivity index (χ4v) is 2.59. The lowest BCUT2D eigenvalue weighted by atomic mass is 10.2. The lowest BCUT2D eigenvalue weighted by Crippen LogP contribution is -2.27. The van der Waals surface area contributed by atoms with Crippen LogP contribution in [0.5, 0.6) is 5.75 Å². The second kappa shape index (κ2) is 4.04. The molecule has 4 nitrogen and oxygen atoms in total. The summed E-state index contributed by atoms with van der Waals surface area (Å²) < 4.78 is 2.05. The lowest BCUT2D eigenvalue weighted by molar-refractivity contribution is 0.475. The number of aromatic hydroxyl groups is 1. The van der Waals surface area contributed by atoms with Crippen LogP contribution in [0.3, 0.4) is 0 Å². The van der Waals surface area contributed by atoms with Gasteiger partial charge < -0.3 is 10.4 Å². The van der Waals surface area contributed by atoms with Crippen LogP contribution < -0.4 is 5.32 Å². The number of hydrogen-bond acceptors (Lipinski definition) is 3. The van der Waals surface area contributed by atoms with Crippen LogP contribution in [0, 0.1) is 6.92 Å². The zero-order valence-corrected chi connectivity index (χ0v) is 9.98. The van der Waals surface area contributed by atoms with Crippen LogP contribution in [-0.2, 0) is 6.54 Å². The number of benzene rings is 1. The molecule has 90 valence electrons. The number of rotatable bonds is 2. The van der Waals surface area contributed by atoms with Crippen LogP contribution in [0.4, 0.5) is 0 Å². The Morgan fingerprint density at radius 1 is 1.53 bits per heavy atom. The molecule has 1 saturated heterocycles. The summed E-state index contributed by atoms with van der Waals surface area (Å²) in [5.41, 5.74) is 2.09. The summed E-state index contributed by atoms with van der Waals surface area (Å²) in [6.45, 7) is 4.01. The maximum Gasteiger partial charge on any atom is 0.116 e. The molecule has 0 aliphatic carbocycles. The molecule has 1 fully saturated rings. The van der Waals surface area contributed by atoms with Crippen molar-refractivity contribution in [2.75, 3.05) is 6.54 Å². The summed E-state index contributed by atoms with van der Waals surface area (Å²) in [4.78, 5) is 0. The van der Waals surface area contributed by atoms with Crippen molar-refractivity contribution in [3.05, 3.63) is 23.9 Å². The molecule has 0 spiro atoms. The third-order valence-electron chi connectivity index (χ3n) is 3.47. The first-order valence-corrected chi connectivity index (χ1v) is 6.13. The molecular weight excluding hydrogens is 214 g/mol. The standard InChI is InChI=1S/C13H17N3O/c1-9-12-7-11(17)4-5-13(12)16(15-9)8-10-3-2-6-14-10/h4-5,7,10,14,17H,2-3,6,8H2,1H3. The van der Waals surface area contributed by atoms with E-state index in [4.69, 9.17) is 0 Å². The number of phenolic OH excluding ortho intramolecular Hbond substituents is 1. The highest BCUT2D eigenvalue weighted by Gasteiger charge is 2.16. The van der Waals surface area contributed by atoms with Crippen molar-refractivity contribution in [3.8, 4) is 5.75 Å². The molecule has 1 aliphatic heterocycles. The molecular formula is C13H17N3O. The van der Waals surface area contributed by atoms with Gasteiger partial charge in [-0.05, 0) is 44.5 Å². The first-order valence-electron chi connectivity index (χ1n) is 6.13. The average molecular weight is 231 g/mol. The van der Waals surface area contributed by atoms with E-state index >= 15 is 0 Å². The summed E-state index contributed by atoms with van der Waals surface area (Å²) in [6, 6.07) is 5.99. The quantitative estimate of drug-likeness (QED) is 0.828. The Hall–Kier alpha value is -1.55. The van der Waals surface area contributed by atoms with Crippen LogP contribution in [0.25, 0.3) is 10.9 Å². The van der Waals surface area contributed by atoms with Crippen molar-refractivity contribution in [1.82, 2.24) is 15.1 Å². The maximum atomic E-state index is 9.50. The van der Waals surface area contributed by atoms with Crippen LogP contribution in [0.15, 0.2) is 18.2 Å². The largest absolute Gasteiger partial charge is 0.508 e. The van der Waals surface area contributed by atoms with Crippen molar-refractivity contribution in [3.63, 3.8) is 0 Å². The molecule has 4 heteroatoms. The highest BCUT2D eigenvalue weighted by Crippen LogP contribution is 2.23. The Morgan fingerprint density at radius 3 is 3.18 bits per heavy atom. The smallest absolute Gasteiger partial charge is 0.116 e. The van der Waals surface area contributed by atoms with Crippen molar-refractivity contribution in [1.29, 1.82) is 0 Å². The first kappa shape index (κ1) is 10.6. The third kappa shape index (κ3) is 1.89. The molecule has 1 aromatic heterocycles. The van der Waals surface area contributed by atoms with E-state index < -0.39 is 0 Å². The molecule has 0 bridgehead atoms.